The van der Waals surface area contributed by atoms with Crippen molar-refractivity contribution in [2.24, 2.45) is 0 Å². The molecule has 0 aliphatic carbocycles. The van der Waals surface area contributed by atoms with Crippen molar-refractivity contribution in [3.8, 4) is 16.3 Å². The summed E-state index contributed by atoms with van der Waals surface area (Å²) in [6.45, 7) is 0. The van der Waals surface area contributed by atoms with Crippen molar-refractivity contribution >= 4 is 43.6 Å². The van der Waals surface area contributed by atoms with Gasteiger partial charge in [0.25, 0.3) is 0 Å². The van der Waals surface area contributed by atoms with Crippen molar-refractivity contribution in [1.82, 2.24) is 19.5 Å². The van der Waals surface area contributed by atoms with Gasteiger partial charge in [-0.1, -0.05) is 96.3 Å². The molecule has 0 saturated heterocycles. The second kappa shape index (κ2) is 9.81. The molecule has 3 heterocycles. The topological polar surface area (TPSA) is 43.6 Å². The number of aromatic nitrogens is 4. The van der Waals surface area contributed by atoms with Crippen LogP contribution in [0.2, 0.25) is 0 Å². The smallest absolute Gasteiger partial charge is 0.190 e. The van der Waals surface area contributed by atoms with Crippen LogP contribution in [0.1, 0.15) is 22.6 Å². The molecule has 5 heteroatoms. The summed E-state index contributed by atoms with van der Waals surface area (Å²) in [5, 5.41) is 3.43. The highest BCUT2D eigenvalue weighted by Crippen LogP contribution is 2.38. The minimum absolute atomic E-state index is 0.154. The zero-order chi connectivity index (χ0) is 27.2. The van der Waals surface area contributed by atoms with Crippen LogP contribution in [0.25, 0.3) is 48.5 Å². The van der Waals surface area contributed by atoms with Gasteiger partial charge in [-0.15, -0.1) is 0 Å². The molecule has 0 spiro atoms. The van der Waals surface area contributed by atoms with Crippen molar-refractivity contribution in [2.75, 3.05) is 0 Å². The van der Waals surface area contributed by atoms with Gasteiger partial charge in [-0.05, 0) is 59.2 Å². The molecule has 0 amide bonds. The van der Waals surface area contributed by atoms with Crippen LogP contribution in [0, 0.1) is 0 Å². The summed E-state index contributed by atoms with van der Waals surface area (Å²) in [6, 6.07) is 45.8. The number of rotatable bonds is 5. The fourth-order valence-electron chi connectivity index (χ4n) is 5.87. The molecule has 0 saturated carbocycles. The van der Waals surface area contributed by atoms with E-state index in [1.165, 1.54) is 38.5 Å². The van der Waals surface area contributed by atoms with Gasteiger partial charge in [-0.2, -0.15) is 0 Å². The standard InChI is InChI=1S/C36H24N4S/c1-3-9-24(10-4-1)33(25-11-5-2-6-12-25)27-17-20-32-30(23-27)29-13-7-8-14-31(29)40(32)28-18-15-26(16-19-28)35-39-34-36(41-35)38-22-21-37-34/h1-23,33H. The maximum Gasteiger partial charge on any atom is 0.190 e. The van der Waals surface area contributed by atoms with E-state index in [2.05, 4.69) is 147 Å². The number of fused-ring (bicyclic) bond motifs is 4. The summed E-state index contributed by atoms with van der Waals surface area (Å²) in [6.07, 6.45) is 3.40. The lowest BCUT2D eigenvalue weighted by Crippen LogP contribution is -2.03. The van der Waals surface area contributed by atoms with Crippen LogP contribution in [-0.2, 0) is 0 Å². The first-order chi connectivity index (χ1) is 20.3. The second-order valence-electron chi connectivity index (χ2n) is 10.1. The Kier molecular flexibility index (Phi) is 5.68. The van der Waals surface area contributed by atoms with Gasteiger partial charge in [-0.3, -0.25) is 0 Å². The van der Waals surface area contributed by atoms with Crippen molar-refractivity contribution in [2.45, 2.75) is 5.92 Å². The molecule has 0 aliphatic rings. The van der Waals surface area contributed by atoms with E-state index in [4.69, 9.17) is 0 Å². The molecule has 0 fully saturated rings. The predicted octanol–water partition coefficient (Wildman–Crippen LogP) is 9.03. The Bertz CT molecular complexity index is 2070. The number of thiazole rings is 1. The van der Waals surface area contributed by atoms with Gasteiger partial charge < -0.3 is 4.57 Å². The van der Waals surface area contributed by atoms with Gasteiger partial charge in [0.1, 0.15) is 5.01 Å². The summed E-state index contributed by atoms with van der Waals surface area (Å²) < 4.78 is 2.36. The van der Waals surface area contributed by atoms with Crippen molar-refractivity contribution < 1.29 is 0 Å². The summed E-state index contributed by atoms with van der Waals surface area (Å²) in [5.41, 5.74) is 9.12. The maximum atomic E-state index is 4.69. The SMILES string of the molecule is c1ccc(C(c2ccccc2)c2ccc3c(c2)c2ccccc2n3-c2ccc(-c3nc4nccnc4s3)cc2)cc1. The van der Waals surface area contributed by atoms with Crippen LogP contribution in [0.4, 0.5) is 0 Å². The fourth-order valence-corrected chi connectivity index (χ4v) is 6.74. The Hall–Kier alpha value is -5.13. The maximum absolute atomic E-state index is 4.69. The van der Waals surface area contributed by atoms with E-state index >= 15 is 0 Å². The predicted molar refractivity (Wildman–Crippen MR) is 169 cm³/mol. The number of benzene rings is 5. The Labute approximate surface area is 241 Å². The Morgan fingerprint density at radius 1 is 0.561 bits per heavy atom. The fraction of sp³-hybridized carbons (Fsp3) is 0.0278. The van der Waals surface area contributed by atoms with Gasteiger partial charge in [-0.25, -0.2) is 15.0 Å². The molecular formula is C36H24N4S. The number of hydrogen-bond donors (Lipinski definition) is 0. The zero-order valence-corrected chi connectivity index (χ0v) is 22.9. The molecule has 0 aliphatic heterocycles. The first kappa shape index (κ1) is 23.7. The van der Waals surface area contributed by atoms with Gasteiger partial charge in [0, 0.05) is 40.3 Å². The molecule has 8 rings (SSSR count). The molecule has 0 radical (unpaired) electrons. The molecule has 0 N–H and O–H groups in total. The highest BCUT2D eigenvalue weighted by Gasteiger charge is 2.19. The largest absolute Gasteiger partial charge is 0.309 e. The lowest BCUT2D eigenvalue weighted by Gasteiger charge is -2.19. The van der Waals surface area contributed by atoms with Gasteiger partial charge >= 0.3 is 0 Å². The molecule has 194 valence electrons. The van der Waals surface area contributed by atoms with E-state index in [1.54, 1.807) is 23.7 Å². The number of hydrogen-bond acceptors (Lipinski definition) is 4. The van der Waals surface area contributed by atoms with Crippen molar-refractivity contribution in [3.05, 3.63) is 156 Å². The molecule has 5 aromatic carbocycles. The lowest BCUT2D eigenvalue weighted by molar-refractivity contribution is 0.980. The third-order valence-corrected chi connectivity index (χ3v) is 8.72. The van der Waals surface area contributed by atoms with Gasteiger partial charge in [0.05, 0.1) is 11.0 Å². The molecule has 8 aromatic rings. The quantitative estimate of drug-likeness (QED) is 0.203. The minimum Gasteiger partial charge on any atom is -0.309 e. The van der Waals surface area contributed by atoms with E-state index in [9.17, 15) is 0 Å². The monoisotopic (exact) mass is 544 g/mol. The van der Waals surface area contributed by atoms with Crippen LogP contribution in [0.3, 0.4) is 0 Å². The molecule has 41 heavy (non-hydrogen) atoms. The van der Waals surface area contributed by atoms with Crippen molar-refractivity contribution in [3.63, 3.8) is 0 Å². The Morgan fingerprint density at radius 2 is 1.22 bits per heavy atom. The van der Waals surface area contributed by atoms with E-state index in [1.807, 2.05) is 0 Å². The summed E-state index contributed by atoms with van der Waals surface area (Å²) in [4.78, 5) is 14.3. The molecule has 4 nitrogen and oxygen atoms in total. The lowest BCUT2D eigenvalue weighted by atomic mass is 9.84. The van der Waals surface area contributed by atoms with E-state index < -0.39 is 0 Å². The molecule has 0 bridgehead atoms. The van der Waals surface area contributed by atoms with E-state index in [-0.39, 0.29) is 5.92 Å². The normalized spacial score (nSPS) is 11.6. The summed E-state index contributed by atoms with van der Waals surface area (Å²) >= 11 is 1.57. The third-order valence-electron chi connectivity index (χ3n) is 7.72. The minimum atomic E-state index is 0.154. The van der Waals surface area contributed by atoms with Gasteiger partial charge in [0.2, 0.25) is 0 Å². The van der Waals surface area contributed by atoms with Crippen LogP contribution in [-0.4, -0.2) is 19.5 Å². The first-order valence-electron chi connectivity index (χ1n) is 13.6. The highest BCUT2D eigenvalue weighted by molar-refractivity contribution is 7.21. The highest BCUT2D eigenvalue weighted by atomic mass is 32.1. The van der Waals surface area contributed by atoms with Gasteiger partial charge in [0.15, 0.2) is 10.5 Å². The van der Waals surface area contributed by atoms with Crippen LogP contribution >= 0.6 is 11.3 Å². The third kappa shape index (κ3) is 4.10. The Morgan fingerprint density at radius 3 is 1.95 bits per heavy atom. The summed E-state index contributed by atoms with van der Waals surface area (Å²) in [7, 11) is 0. The number of para-hydroxylation sites is 1. The second-order valence-corrected chi connectivity index (χ2v) is 11.1. The van der Waals surface area contributed by atoms with Crippen LogP contribution < -0.4 is 0 Å². The molecular weight excluding hydrogens is 520 g/mol. The van der Waals surface area contributed by atoms with E-state index in [0.717, 1.165) is 21.1 Å². The van der Waals surface area contributed by atoms with Crippen molar-refractivity contribution in [1.29, 1.82) is 0 Å². The van der Waals surface area contributed by atoms with Crippen LogP contribution in [0.15, 0.2) is 140 Å². The molecule has 0 atom stereocenters. The first-order valence-corrected chi connectivity index (χ1v) is 14.5. The summed E-state index contributed by atoms with van der Waals surface area (Å²) in [5.74, 6) is 0.154. The van der Waals surface area contributed by atoms with Crippen LogP contribution in [0.5, 0.6) is 0 Å². The Balaban J connectivity index is 1.27. The van der Waals surface area contributed by atoms with E-state index in [0.29, 0.717) is 5.65 Å². The average Bonchev–Trinajstić information content (AvgIpc) is 3.62. The zero-order valence-electron chi connectivity index (χ0n) is 22.1. The average molecular weight is 545 g/mol. The number of nitrogens with zero attached hydrogens (tertiary/aromatic N) is 4. The molecule has 0 unspecified atom stereocenters. The molecule has 3 aromatic heterocycles.